The van der Waals surface area contributed by atoms with Crippen LogP contribution in [0.25, 0.3) is 5.52 Å². The van der Waals surface area contributed by atoms with Crippen LogP contribution in [-0.4, -0.2) is 44.9 Å². The maximum Gasteiger partial charge on any atom is 0.241 e. The maximum atomic E-state index is 14.1. The van der Waals surface area contributed by atoms with Crippen molar-refractivity contribution in [2.45, 2.75) is 70.0 Å². The summed E-state index contributed by atoms with van der Waals surface area (Å²) in [4.78, 5) is 9.36. The fourth-order valence-corrected chi connectivity index (χ4v) is 4.10. The lowest BCUT2D eigenvalue weighted by Gasteiger charge is -2.39. The van der Waals surface area contributed by atoms with Gasteiger partial charge in [-0.2, -0.15) is 0 Å². The highest BCUT2D eigenvalue weighted by atomic mass is 35.5. The molecule has 0 bridgehead atoms. The molecule has 2 N–H and O–H groups in total. The molecule has 1 aliphatic carbocycles. The van der Waals surface area contributed by atoms with Crippen LogP contribution < -0.4 is 10.6 Å². The summed E-state index contributed by atoms with van der Waals surface area (Å²) in [6.45, 7) is 5.54. The minimum Gasteiger partial charge on any atom is -0.347 e. The lowest BCUT2D eigenvalue weighted by atomic mass is 9.66. The first-order chi connectivity index (χ1) is 12.2. The van der Waals surface area contributed by atoms with Gasteiger partial charge in [0.2, 0.25) is 5.95 Å². The lowest BCUT2D eigenvalue weighted by molar-refractivity contribution is 0.217. The molecule has 1 saturated carbocycles. The number of aromatic nitrogens is 4. The first kappa shape index (κ1) is 19.3. The van der Waals surface area contributed by atoms with Gasteiger partial charge < -0.3 is 10.6 Å². The van der Waals surface area contributed by atoms with Gasteiger partial charge in [0.25, 0.3) is 0 Å². The summed E-state index contributed by atoms with van der Waals surface area (Å²) in [6, 6.07) is -0.236. The molecule has 0 unspecified atom stereocenters. The Labute approximate surface area is 159 Å². The average molecular weight is 383 g/mol. The van der Waals surface area contributed by atoms with E-state index < -0.39 is 6.17 Å². The number of hydrogen-bond acceptors (Lipinski definition) is 5. The molecule has 6 nitrogen and oxygen atoms in total. The number of alkyl halides is 1. The van der Waals surface area contributed by atoms with Crippen molar-refractivity contribution in [2.24, 2.45) is 0 Å². The smallest absolute Gasteiger partial charge is 0.241 e. The minimum atomic E-state index is -0.921. The van der Waals surface area contributed by atoms with Gasteiger partial charge in [-0.1, -0.05) is 20.3 Å². The normalized spacial score (nSPS) is 24.7. The molecule has 8 heteroatoms. The highest BCUT2D eigenvalue weighted by Crippen LogP contribution is 2.46. The Kier molecular flexibility index (Phi) is 5.67. The second-order valence-electron chi connectivity index (χ2n) is 7.36. The number of hydrogen-bond donors (Lipinski definition) is 2. The maximum absolute atomic E-state index is 14.1. The van der Waals surface area contributed by atoms with Crippen LogP contribution in [-0.2, 0) is 11.8 Å². The van der Waals surface area contributed by atoms with Gasteiger partial charge >= 0.3 is 0 Å². The fourth-order valence-electron chi connectivity index (χ4n) is 4.10. The summed E-state index contributed by atoms with van der Waals surface area (Å²) in [5.41, 5.74) is 2.16. The van der Waals surface area contributed by atoms with Crippen LogP contribution in [0.4, 0.5) is 10.3 Å². The molecule has 144 valence electrons. The molecule has 2 aromatic rings. The average Bonchev–Trinajstić information content (AvgIpc) is 2.95. The molecule has 1 saturated heterocycles. The predicted octanol–water partition coefficient (Wildman–Crippen LogP) is 3.05. The summed E-state index contributed by atoms with van der Waals surface area (Å²) in [5, 5.41) is 11.0. The molecule has 2 fully saturated rings. The molecule has 2 atom stereocenters. The van der Waals surface area contributed by atoms with Crippen LogP contribution in [0.15, 0.2) is 6.20 Å². The van der Waals surface area contributed by atoms with Gasteiger partial charge in [0, 0.05) is 12.0 Å². The van der Waals surface area contributed by atoms with E-state index in [9.17, 15) is 4.39 Å². The number of nitrogens with zero attached hydrogens (tertiary/aromatic N) is 4. The molecule has 0 aromatic carbocycles. The molecular formula is C18H28ClFN6. The van der Waals surface area contributed by atoms with Gasteiger partial charge in [0.15, 0.2) is 0 Å². The topological polar surface area (TPSA) is 67.1 Å². The first-order valence-corrected chi connectivity index (χ1v) is 9.53. The molecule has 1 aliphatic heterocycles. The van der Waals surface area contributed by atoms with Crippen molar-refractivity contribution >= 4 is 23.9 Å². The lowest BCUT2D eigenvalue weighted by Crippen LogP contribution is -2.45. The highest BCUT2D eigenvalue weighted by molar-refractivity contribution is 5.85. The van der Waals surface area contributed by atoms with Gasteiger partial charge in [0.1, 0.15) is 17.5 Å². The van der Waals surface area contributed by atoms with E-state index in [4.69, 9.17) is 10.1 Å². The van der Waals surface area contributed by atoms with Gasteiger partial charge in [-0.3, -0.25) is 0 Å². The van der Waals surface area contributed by atoms with Crippen LogP contribution in [0.1, 0.15) is 57.5 Å². The Balaban J connectivity index is 0.00000196. The Morgan fingerprint density at radius 1 is 1.38 bits per heavy atom. The molecule has 3 heterocycles. The van der Waals surface area contributed by atoms with Crippen LogP contribution in [0, 0.1) is 0 Å². The predicted molar refractivity (Wildman–Crippen MR) is 103 cm³/mol. The van der Waals surface area contributed by atoms with Gasteiger partial charge in [0.05, 0.1) is 17.9 Å². The number of fused-ring (bicyclic) bond motifs is 1. The second kappa shape index (κ2) is 7.64. The quantitative estimate of drug-likeness (QED) is 0.831. The van der Waals surface area contributed by atoms with Crippen LogP contribution >= 0.6 is 12.4 Å². The number of halogens is 2. The highest BCUT2D eigenvalue weighted by Gasteiger charge is 2.41. The Morgan fingerprint density at radius 2 is 2.19 bits per heavy atom. The van der Waals surface area contributed by atoms with E-state index in [2.05, 4.69) is 29.5 Å². The zero-order valence-corrected chi connectivity index (χ0v) is 16.3. The van der Waals surface area contributed by atoms with Gasteiger partial charge in [-0.25, -0.2) is 18.9 Å². The van der Waals surface area contributed by atoms with E-state index in [0.29, 0.717) is 12.5 Å². The summed E-state index contributed by atoms with van der Waals surface area (Å²) in [7, 11) is 0. The molecule has 4 rings (SSSR count). The fraction of sp³-hybridized carbons (Fsp3) is 0.722. The second-order valence-corrected chi connectivity index (χ2v) is 7.36. The number of aryl methyl sites for hydroxylation is 1. The Bertz CT molecular complexity index is 754. The van der Waals surface area contributed by atoms with E-state index >= 15 is 0 Å². The molecule has 26 heavy (non-hydrogen) atoms. The molecular weight excluding hydrogens is 355 g/mol. The van der Waals surface area contributed by atoms with Crippen LogP contribution in [0.5, 0.6) is 0 Å². The van der Waals surface area contributed by atoms with Crippen molar-refractivity contribution in [1.29, 1.82) is 0 Å². The molecule has 0 spiro atoms. The Morgan fingerprint density at radius 3 is 2.81 bits per heavy atom. The number of rotatable bonds is 5. The third kappa shape index (κ3) is 3.16. The summed E-state index contributed by atoms with van der Waals surface area (Å²) < 4.78 is 16.1. The molecule has 0 radical (unpaired) electrons. The summed E-state index contributed by atoms with van der Waals surface area (Å²) in [5.74, 6) is 1.55. The van der Waals surface area contributed by atoms with Crippen molar-refractivity contribution < 1.29 is 4.39 Å². The zero-order valence-electron chi connectivity index (χ0n) is 15.5. The van der Waals surface area contributed by atoms with Crippen molar-refractivity contribution in [3.8, 4) is 0 Å². The summed E-state index contributed by atoms with van der Waals surface area (Å²) in [6.07, 6.45) is 7.16. The van der Waals surface area contributed by atoms with Crippen molar-refractivity contribution in [3.63, 3.8) is 0 Å². The van der Waals surface area contributed by atoms with Crippen molar-refractivity contribution in [1.82, 2.24) is 24.9 Å². The largest absolute Gasteiger partial charge is 0.347 e. The van der Waals surface area contributed by atoms with E-state index in [0.717, 1.165) is 42.8 Å². The monoisotopic (exact) mass is 382 g/mol. The van der Waals surface area contributed by atoms with E-state index in [1.54, 1.807) is 0 Å². The van der Waals surface area contributed by atoms with E-state index in [-0.39, 0.29) is 23.9 Å². The third-order valence-corrected chi connectivity index (χ3v) is 5.99. The van der Waals surface area contributed by atoms with Crippen molar-refractivity contribution in [2.75, 3.05) is 18.4 Å². The number of imidazole rings is 1. The number of anilines is 1. The number of piperidine rings is 1. The SMILES string of the molecule is CCc1nc(C2(CC)CCC2)n2nc(N[C@@H]3CCNC[C@H]3F)ncc12.Cl. The van der Waals surface area contributed by atoms with Gasteiger partial charge in [-0.05, 0) is 38.6 Å². The molecule has 2 aliphatic rings. The van der Waals surface area contributed by atoms with E-state index in [1.165, 1.54) is 19.3 Å². The minimum absolute atomic E-state index is 0. The zero-order chi connectivity index (χ0) is 17.4. The standard InChI is InChI=1S/C18H27FN6.ClH/c1-3-13-15-11-21-17(23-14-6-9-20-10-12(14)19)24-25(15)16(22-13)18(4-2)7-5-8-18;/h11-12,14,20H,3-10H2,1-2H3,(H,23,24);1H/t12-,14-;/m1./s1. The summed E-state index contributed by atoms with van der Waals surface area (Å²) >= 11 is 0. The third-order valence-electron chi connectivity index (χ3n) is 5.99. The van der Waals surface area contributed by atoms with Crippen molar-refractivity contribution in [3.05, 3.63) is 17.7 Å². The van der Waals surface area contributed by atoms with Gasteiger partial charge in [-0.15, -0.1) is 17.5 Å². The van der Waals surface area contributed by atoms with E-state index in [1.807, 2.05) is 10.7 Å². The van der Waals surface area contributed by atoms with Crippen LogP contribution in [0.2, 0.25) is 0 Å². The first-order valence-electron chi connectivity index (χ1n) is 9.53. The number of nitrogens with one attached hydrogen (secondary N) is 2. The molecule has 0 amide bonds. The van der Waals surface area contributed by atoms with Crippen LogP contribution in [0.3, 0.4) is 0 Å². The Hall–Kier alpha value is -1.47. The molecule has 2 aromatic heterocycles.